The average molecular weight is 140 g/mol. The van der Waals surface area contributed by atoms with Crippen LogP contribution in [-0.4, -0.2) is 25.2 Å². The smallest absolute Gasteiger partial charge is 0.0321 e. The van der Waals surface area contributed by atoms with E-state index < -0.39 is 0 Å². The van der Waals surface area contributed by atoms with Crippen molar-refractivity contribution in [3.63, 3.8) is 0 Å². The normalized spacial score (nSPS) is 47.1. The fourth-order valence-corrected chi connectivity index (χ4v) is 2.27. The lowest BCUT2D eigenvalue weighted by molar-refractivity contribution is 0.404. The molecule has 2 saturated heterocycles. The molecule has 2 atom stereocenters. The Morgan fingerprint density at radius 3 is 2.90 bits per heavy atom. The molecule has 0 aromatic carbocycles. The van der Waals surface area contributed by atoms with Gasteiger partial charge in [0.1, 0.15) is 0 Å². The van der Waals surface area contributed by atoms with Crippen molar-refractivity contribution in [1.29, 1.82) is 0 Å². The predicted molar refractivity (Wildman–Crippen MR) is 42.0 cm³/mol. The van der Waals surface area contributed by atoms with Crippen LogP contribution < -0.4 is 10.6 Å². The Hall–Kier alpha value is -0.0800. The van der Waals surface area contributed by atoms with Gasteiger partial charge in [-0.25, -0.2) is 0 Å². The van der Waals surface area contributed by atoms with Crippen LogP contribution in [0.5, 0.6) is 0 Å². The van der Waals surface area contributed by atoms with Gasteiger partial charge in [-0.3, -0.25) is 0 Å². The zero-order valence-corrected chi connectivity index (χ0v) is 6.61. The minimum absolute atomic E-state index is 0.499. The summed E-state index contributed by atoms with van der Waals surface area (Å²) in [6, 6.07) is 0. The molecular formula is C8H16N2. The molecule has 2 unspecified atom stereocenters. The van der Waals surface area contributed by atoms with Gasteiger partial charge in [-0.05, 0) is 31.8 Å². The van der Waals surface area contributed by atoms with Crippen LogP contribution >= 0.6 is 0 Å². The minimum atomic E-state index is 0.499. The molecule has 0 aliphatic carbocycles. The van der Waals surface area contributed by atoms with Crippen LogP contribution in [0.15, 0.2) is 0 Å². The second kappa shape index (κ2) is 2.21. The zero-order valence-electron chi connectivity index (χ0n) is 6.61. The van der Waals surface area contributed by atoms with Crippen LogP contribution in [0.25, 0.3) is 0 Å². The van der Waals surface area contributed by atoms with Gasteiger partial charge in [0.05, 0.1) is 0 Å². The van der Waals surface area contributed by atoms with Crippen LogP contribution in [-0.2, 0) is 0 Å². The van der Waals surface area contributed by atoms with Gasteiger partial charge in [-0.2, -0.15) is 0 Å². The van der Waals surface area contributed by atoms with E-state index in [1.54, 1.807) is 0 Å². The van der Waals surface area contributed by atoms with Gasteiger partial charge in [0.2, 0.25) is 0 Å². The molecule has 2 aliphatic heterocycles. The van der Waals surface area contributed by atoms with Crippen molar-refractivity contribution < 1.29 is 0 Å². The van der Waals surface area contributed by atoms with Crippen molar-refractivity contribution in [2.75, 3.05) is 19.6 Å². The SMILES string of the molecule is CC1CNC2(CCNC2)C1. The van der Waals surface area contributed by atoms with Crippen molar-refractivity contribution in [3.8, 4) is 0 Å². The standard InChI is InChI=1S/C8H16N2/c1-7-4-8(10-5-7)2-3-9-6-8/h7,9-10H,2-6H2,1H3. The molecule has 0 aromatic heterocycles. The third kappa shape index (κ3) is 0.956. The molecule has 2 nitrogen and oxygen atoms in total. The number of hydrogen-bond acceptors (Lipinski definition) is 2. The molecule has 2 heteroatoms. The first-order valence-corrected chi connectivity index (χ1v) is 4.27. The summed E-state index contributed by atoms with van der Waals surface area (Å²) in [4.78, 5) is 0. The monoisotopic (exact) mass is 140 g/mol. The summed E-state index contributed by atoms with van der Waals surface area (Å²) in [5.41, 5.74) is 0.499. The van der Waals surface area contributed by atoms with E-state index in [1.165, 1.54) is 32.5 Å². The van der Waals surface area contributed by atoms with Crippen molar-refractivity contribution >= 4 is 0 Å². The van der Waals surface area contributed by atoms with Gasteiger partial charge in [0, 0.05) is 12.1 Å². The lowest BCUT2D eigenvalue weighted by Gasteiger charge is -2.21. The van der Waals surface area contributed by atoms with Gasteiger partial charge in [-0.1, -0.05) is 6.92 Å². The Kier molecular flexibility index (Phi) is 1.46. The highest BCUT2D eigenvalue weighted by molar-refractivity contribution is 5.01. The highest BCUT2D eigenvalue weighted by atomic mass is 15.1. The van der Waals surface area contributed by atoms with Crippen LogP contribution in [0.4, 0.5) is 0 Å². The Balaban J connectivity index is 2.03. The zero-order chi connectivity index (χ0) is 7.03. The molecule has 0 saturated carbocycles. The Bertz CT molecular complexity index is 127. The van der Waals surface area contributed by atoms with Crippen molar-refractivity contribution in [1.82, 2.24) is 10.6 Å². The van der Waals surface area contributed by atoms with Gasteiger partial charge < -0.3 is 10.6 Å². The maximum atomic E-state index is 3.62. The molecule has 1 spiro atoms. The molecule has 0 aromatic rings. The van der Waals surface area contributed by atoms with Crippen LogP contribution in [0.2, 0.25) is 0 Å². The number of hydrogen-bond donors (Lipinski definition) is 2. The van der Waals surface area contributed by atoms with Gasteiger partial charge in [0.15, 0.2) is 0 Å². The fourth-order valence-electron chi connectivity index (χ4n) is 2.27. The molecule has 2 fully saturated rings. The first kappa shape index (κ1) is 6.62. The lowest BCUT2D eigenvalue weighted by Crippen LogP contribution is -2.41. The molecule has 2 aliphatic rings. The summed E-state index contributed by atoms with van der Waals surface area (Å²) in [6.45, 7) is 5.96. The lowest BCUT2D eigenvalue weighted by atomic mass is 9.93. The van der Waals surface area contributed by atoms with E-state index in [4.69, 9.17) is 0 Å². The summed E-state index contributed by atoms with van der Waals surface area (Å²) < 4.78 is 0. The van der Waals surface area contributed by atoms with E-state index in [2.05, 4.69) is 17.6 Å². The summed E-state index contributed by atoms with van der Waals surface area (Å²) in [7, 11) is 0. The molecule has 10 heavy (non-hydrogen) atoms. The summed E-state index contributed by atoms with van der Waals surface area (Å²) in [6.07, 6.45) is 2.71. The quantitative estimate of drug-likeness (QED) is 0.507. The van der Waals surface area contributed by atoms with Gasteiger partial charge in [-0.15, -0.1) is 0 Å². The highest BCUT2D eigenvalue weighted by Crippen LogP contribution is 2.28. The number of nitrogens with one attached hydrogen (secondary N) is 2. The van der Waals surface area contributed by atoms with E-state index in [1.807, 2.05) is 0 Å². The predicted octanol–water partition coefficient (Wildman–Crippen LogP) is 0.348. The maximum Gasteiger partial charge on any atom is 0.0321 e. The maximum absolute atomic E-state index is 3.62. The van der Waals surface area contributed by atoms with E-state index in [-0.39, 0.29) is 0 Å². The van der Waals surface area contributed by atoms with Crippen molar-refractivity contribution in [2.45, 2.75) is 25.3 Å². The largest absolute Gasteiger partial charge is 0.315 e. The first-order chi connectivity index (χ1) is 4.81. The second-order valence-corrected chi connectivity index (χ2v) is 3.90. The van der Waals surface area contributed by atoms with E-state index in [9.17, 15) is 0 Å². The Labute approximate surface area is 62.4 Å². The summed E-state index contributed by atoms with van der Waals surface area (Å²) >= 11 is 0. The molecule has 0 radical (unpaired) electrons. The molecule has 2 heterocycles. The summed E-state index contributed by atoms with van der Waals surface area (Å²) in [5, 5.41) is 7.03. The third-order valence-corrected chi connectivity index (χ3v) is 2.81. The molecule has 0 bridgehead atoms. The van der Waals surface area contributed by atoms with Gasteiger partial charge in [0.25, 0.3) is 0 Å². The molecule has 58 valence electrons. The second-order valence-electron chi connectivity index (χ2n) is 3.90. The van der Waals surface area contributed by atoms with Crippen LogP contribution in [0.3, 0.4) is 0 Å². The average Bonchev–Trinajstić information content (AvgIpc) is 2.46. The van der Waals surface area contributed by atoms with Crippen LogP contribution in [0, 0.1) is 5.92 Å². The van der Waals surface area contributed by atoms with Crippen LogP contribution in [0.1, 0.15) is 19.8 Å². The molecule has 0 amide bonds. The third-order valence-electron chi connectivity index (χ3n) is 2.81. The van der Waals surface area contributed by atoms with Crippen molar-refractivity contribution in [3.05, 3.63) is 0 Å². The number of rotatable bonds is 0. The van der Waals surface area contributed by atoms with E-state index in [0.717, 1.165) is 5.92 Å². The minimum Gasteiger partial charge on any atom is -0.315 e. The van der Waals surface area contributed by atoms with Crippen molar-refractivity contribution in [2.24, 2.45) is 5.92 Å². The topological polar surface area (TPSA) is 24.1 Å². The van der Waals surface area contributed by atoms with E-state index >= 15 is 0 Å². The van der Waals surface area contributed by atoms with E-state index in [0.29, 0.717) is 5.54 Å². The first-order valence-electron chi connectivity index (χ1n) is 4.27. The molecule has 2 rings (SSSR count). The molecule has 2 N–H and O–H groups in total. The molecular weight excluding hydrogens is 124 g/mol. The Morgan fingerprint density at radius 1 is 1.50 bits per heavy atom. The highest BCUT2D eigenvalue weighted by Gasteiger charge is 2.38. The fraction of sp³-hybridized carbons (Fsp3) is 1.00. The summed E-state index contributed by atoms with van der Waals surface area (Å²) in [5.74, 6) is 0.889. The van der Waals surface area contributed by atoms with Gasteiger partial charge >= 0.3 is 0 Å². The Morgan fingerprint density at radius 2 is 2.40 bits per heavy atom.